The van der Waals surface area contributed by atoms with E-state index in [0.717, 1.165) is 10.0 Å². The lowest BCUT2D eigenvalue weighted by Crippen LogP contribution is -2.16. The predicted octanol–water partition coefficient (Wildman–Crippen LogP) is 5.29. The van der Waals surface area contributed by atoms with Crippen LogP contribution in [-0.4, -0.2) is 32.1 Å². The van der Waals surface area contributed by atoms with Crippen molar-refractivity contribution in [2.45, 2.75) is 6.92 Å². The second-order valence-electron chi connectivity index (χ2n) is 6.84. The molecule has 0 aliphatic carbocycles. The zero-order valence-electron chi connectivity index (χ0n) is 17.3. The van der Waals surface area contributed by atoms with Crippen LogP contribution in [0.15, 0.2) is 71.2 Å². The minimum Gasteiger partial charge on any atom is -0.490 e. The van der Waals surface area contributed by atoms with Crippen molar-refractivity contribution < 1.29 is 19.1 Å². The fourth-order valence-corrected chi connectivity index (χ4v) is 3.26. The van der Waals surface area contributed by atoms with Gasteiger partial charge in [-0.2, -0.15) is 0 Å². The van der Waals surface area contributed by atoms with Gasteiger partial charge in [-0.1, -0.05) is 34.1 Å². The van der Waals surface area contributed by atoms with E-state index >= 15 is 0 Å². The third-order valence-corrected chi connectivity index (χ3v) is 4.88. The average Bonchev–Trinajstić information content (AvgIpc) is 2.75. The second kappa shape index (κ2) is 10.7. The van der Waals surface area contributed by atoms with E-state index in [4.69, 9.17) is 9.47 Å². The number of carbonyl (C=O) groups is 2. The maximum atomic E-state index is 12.9. The molecule has 0 atom stereocenters. The monoisotopic (exact) mass is 482 g/mol. The van der Waals surface area contributed by atoms with Crippen molar-refractivity contribution in [3.63, 3.8) is 0 Å². The van der Waals surface area contributed by atoms with E-state index in [1.807, 2.05) is 31.2 Å². The summed E-state index contributed by atoms with van der Waals surface area (Å²) in [5, 5.41) is 5.70. The smallest absolute Gasteiger partial charge is 0.259 e. The number of hydrogen-bond acceptors (Lipinski definition) is 4. The molecule has 3 aromatic carbocycles. The molecule has 2 amide bonds. The van der Waals surface area contributed by atoms with E-state index in [-0.39, 0.29) is 11.8 Å². The van der Waals surface area contributed by atoms with Gasteiger partial charge in [0.1, 0.15) is 12.4 Å². The molecule has 0 heterocycles. The Morgan fingerprint density at radius 1 is 0.871 bits per heavy atom. The quantitative estimate of drug-likeness (QED) is 0.427. The van der Waals surface area contributed by atoms with Crippen LogP contribution >= 0.6 is 15.9 Å². The maximum Gasteiger partial charge on any atom is 0.259 e. The van der Waals surface area contributed by atoms with Gasteiger partial charge in [-0.15, -0.1) is 0 Å². The van der Waals surface area contributed by atoms with Gasteiger partial charge in [0.15, 0.2) is 0 Å². The van der Waals surface area contributed by atoms with Crippen LogP contribution in [0.3, 0.4) is 0 Å². The number of rotatable bonds is 8. The summed E-state index contributed by atoms with van der Waals surface area (Å²) in [6.45, 7) is 2.70. The van der Waals surface area contributed by atoms with E-state index < -0.39 is 0 Å². The Hall–Kier alpha value is -3.16. The first-order chi connectivity index (χ1) is 15.0. The Morgan fingerprint density at radius 3 is 2.32 bits per heavy atom. The van der Waals surface area contributed by atoms with Crippen LogP contribution in [0.2, 0.25) is 0 Å². The summed E-state index contributed by atoms with van der Waals surface area (Å²) >= 11 is 3.39. The molecule has 0 saturated carbocycles. The number of amides is 2. The molecular formula is C24H23BrN2O4. The molecule has 3 rings (SSSR count). The van der Waals surface area contributed by atoms with Crippen molar-refractivity contribution in [3.8, 4) is 5.75 Å². The van der Waals surface area contributed by atoms with Gasteiger partial charge in [-0.3, -0.25) is 9.59 Å². The van der Waals surface area contributed by atoms with Gasteiger partial charge < -0.3 is 20.1 Å². The van der Waals surface area contributed by atoms with Gasteiger partial charge in [0, 0.05) is 28.5 Å². The Kier molecular flexibility index (Phi) is 7.81. The summed E-state index contributed by atoms with van der Waals surface area (Å²) in [6.07, 6.45) is 0. The molecule has 0 aliphatic rings. The van der Waals surface area contributed by atoms with Crippen LogP contribution in [0.1, 0.15) is 26.3 Å². The lowest BCUT2D eigenvalue weighted by atomic mass is 10.1. The molecule has 0 fully saturated rings. The van der Waals surface area contributed by atoms with Crippen molar-refractivity contribution in [1.29, 1.82) is 0 Å². The van der Waals surface area contributed by atoms with Crippen LogP contribution in [0, 0.1) is 6.92 Å². The summed E-state index contributed by atoms with van der Waals surface area (Å²) in [5.74, 6) is -0.149. The van der Waals surface area contributed by atoms with Crippen LogP contribution < -0.4 is 15.4 Å². The van der Waals surface area contributed by atoms with Crippen molar-refractivity contribution in [1.82, 2.24) is 0 Å². The average molecular weight is 483 g/mol. The van der Waals surface area contributed by atoms with Gasteiger partial charge in [0.05, 0.1) is 12.2 Å². The summed E-state index contributed by atoms with van der Waals surface area (Å²) < 4.78 is 11.4. The summed E-state index contributed by atoms with van der Waals surface area (Å²) in [5.41, 5.74) is 3.08. The van der Waals surface area contributed by atoms with E-state index in [9.17, 15) is 9.59 Å². The zero-order valence-corrected chi connectivity index (χ0v) is 18.9. The lowest BCUT2D eigenvalue weighted by Gasteiger charge is -2.13. The van der Waals surface area contributed by atoms with Crippen molar-refractivity contribution in [3.05, 3.63) is 87.9 Å². The van der Waals surface area contributed by atoms with Crippen molar-refractivity contribution >= 4 is 39.1 Å². The topological polar surface area (TPSA) is 76.7 Å². The molecule has 160 valence electrons. The number of anilines is 2. The Bertz CT molecular complexity index is 1080. The van der Waals surface area contributed by atoms with Crippen LogP contribution in [-0.2, 0) is 4.74 Å². The molecule has 2 N–H and O–H groups in total. The first-order valence-electron chi connectivity index (χ1n) is 9.67. The van der Waals surface area contributed by atoms with E-state index in [2.05, 4.69) is 26.6 Å². The molecule has 0 unspecified atom stereocenters. The number of halogens is 1. The van der Waals surface area contributed by atoms with Crippen molar-refractivity contribution in [2.75, 3.05) is 31.0 Å². The maximum absolute atomic E-state index is 12.9. The second-order valence-corrected chi connectivity index (χ2v) is 7.76. The third-order valence-electron chi connectivity index (χ3n) is 4.39. The molecule has 0 radical (unpaired) electrons. The number of benzene rings is 3. The van der Waals surface area contributed by atoms with E-state index in [1.54, 1.807) is 49.6 Å². The molecule has 7 heteroatoms. The molecule has 6 nitrogen and oxygen atoms in total. The minimum absolute atomic E-state index is 0.257. The fourth-order valence-electron chi connectivity index (χ4n) is 2.90. The van der Waals surface area contributed by atoms with Crippen LogP contribution in [0.25, 0.3) is 0 Å². The fraction of sp³-hybridized carbons (Fsp3) is 0.167. The molecular weight excluding hydrogens is 460 g/mol. The Morgan fingerprint density at radius 2 is 1.58 bits per heavy atom. The summed E-state index contributed by atoms with van der Waals surface area (Å²) in [4.78, 5) is 25.5. The molecule has 0 aromatic heterocycles. The minimum atomic E-state index is -0.343. The van der Waals surface area contributed by atoms with Gasteiger partial charge >= 0.3 is 0 Å². The highest BCUT2D eigenvalue weighted by Crippen LogP contribution is 2.25. The van der Waals surface area contributed by atoms with Gasteiger partial charge in [-0.05, 0) is 61.0 Å². The summed E-state index contributed by atoms with van der Waals surface area (Å²) in [6, 6.07) is 19.5. The number of ether oxygens (including phenoxy) is 2. The Balaban J connectivity index is 1.74. The van der Waals surface area contributed by atoms with E-state index in [1.165, 1.54) is 0 Å². The predicted molar refractivity (Wildman–Crippen MR) is 125 cm³/mol. The van der Waals surface area contributed by atoms with Gasteiger partial charge in [0.25, 0.3) is 11.8 Å². The van der Waals surface area contributed by atoms with Gasteiger partial charge in [0.2, 0.25) is 0 Å². The largest absolute Gasteiger partial charge is 0.490 e. The molecule has 3 aromatic rings. The number of nitrogens with one attached hydrogen (secondary N) is 2. The van der Waals surface area contributed by atoms with E-state index in [0.29, 0.717) is 41.5 Å². The first-order valence-corrected chi connectivity index (χ1v) is 10.5. The zero-order chi connectivity index (χ0) is 22.2. The normalized spacial score (nSPS) is 10.4. The lowest BCUT2D eigenvalue weighted by molar-refractivity contribution is 0.101. The number of methoxy groups -OCH3 is 1. The Labute approximate surface area is 189 Å². The molecule has 0 saturated heterocycles. The van der Waals surface area contributed by atoms with Gasteiger partial charge in [-0.25, -0.2) is 0 Å². The molecule has 31 heavy (non-hydrogen) atoms. The van der Waals surface area contributed by atoms with Crippen LogP contribution in [0.5, 0.6) is 5.75 Å². The first kappa shape index (κ1) is 22.5. The highest BCUT2D eigenvalue weighted by atomic mass is 79.9. The number of hydrogen-bond donors (Lipinski definition) is 2. The van der Waals surface area contributed by atoms with Crippen molar-refractivity contribution in [2.24, 2.45) is 0 Å². The highest BCUT2D eigenvalue weighted by Gasteiger charge is 2.15. The standard InChI is InChI=1S/C24H23BrN2O4/c1-16-5-3-7-19(13-16)26-23(28)17-6-4-8-20(14-17)27-24(29)21-15-18(25)9-10-22(21)31-12-11-30-2/h3-10,13-15H,11-12H2,1-2H3,(H,26,28)(H,27,29). The third kappa shape index (κ3) is 6.41. The molecule has 0 bridgehead atoms. The number of carbonyl (C=O) groups excluding carboxylic acids is 2. The molecule has 0 spiro atoms. The highest BCUT2D eigenvalue weighted by molar-refractivity contribution is 9.10. The van der Waals surface area contributed by atoms with Crippen LogP contribution in [0.4, 0.5) is 11.4 Å². The SMILES string of the molecule is COCCOc1ccc(Br)cc1C(=O)Nc1cccc(C(=O)Nc2cccc(C)c2)c1. The summed E-state index contributed by atoms with van der Waals surface area (Å²) in [7, 11) is 1.58. The molecule has 0 aliphatic heterocycles. The number of aryl methyl sites for hydroxylation is 1.